The second-order valence-corrected chi connectivity index (χ2v) is 5.24. The minimum absolute atomic E-state index is 0.000307. The number of hydrogen-bond donors (Lipinski definition) is 2. The van der Waals surface area contributed by atoms with Crippen LogP contribution in [0.2, 0.25) is 0 Å². The van der Waals surface area contributed by atoms with Crippen LogP contribution >= 0.6 is 15.9 Å². The van der Waals surface area contributed by atoms with Crippen LogP contribution in [0.4, 0.5) is 5.95 Å². The molecule has 2 unspecified atom stereocenters. The summed E-state index contributed by atoms with van der Waals surface area (Å²) in [6, 6.07) is 8.10. The lowest BCUT2D eigenvalue weighted by atomic mass is 10.1. The molecular formula is C12H11BrN4O. The molecule has 2 aromatic rings. The monoisotopic (exact) mass is 306 g/mol. The first kappa shape index (κ1) is 11.4. The Kier molecular flexibility index (Phi) is 2.87. The van der Waals surface area contributed by atoms with Gasteiger partial charge in [0.1, 0.15) is 6.33 Å². The van der Waals surface area contributed by atoms with E-state index in [9.17, 15) is 4.79 Å². The van der Waals surface area contributed by atoms with Crippen molar-refractivity contribution < 1.29 is 4.79 Å². The number of benzene rings is 1. The molecule has 2 N–H and O–H groups in total. The molecule has 1 heterocycles. The van der Waals surface area contributed by atoms with Crippen molar-refractivity contribution in [1.29, 1.82) is 0 Å². The van der Waals surface area contributed by atoms with Gasteiger partial charge in [-0.3, -0.25) is 10.1 Å². The van der Waals surface area contributed by atoms with Crippen LogP contribution in [0, 0.1) is 5.92 Å². The van der Waals surface area contributed by atoms with Gasteiger partial charge in [0.15, 0.2) is 0 Å². The number of carbonyl (C=O) groups excluding carboxylic acids is 1. The van der Waals surface area contributed by atoms with E-state index < -0.39 is 0 Å². The van der Waals surface area contributed by atoms with Gasteiger partial charge in [-0.2, -0.15) is 10.1 Å². The molecule has 6 heteroatoms. The Morgan fingerprint density at radius 1 is 1.39 bits per heavy atom. The summed E-state index contributed by atoms with van der Waals surface area (Å²) in [4.78, 5) is 15.8. The van der Waals surface area contributed by atoms with E-state index >= 15 is 0 Å². The third kappa shape index (κ3) is 2.28. The summed E-state index contributed by atoms with van der Waals surface area (Å²) in [7, 11) is 0. The predicted octanol–water partition coefficient (Wildman–Crippen LogP) is 2.31. The summed E-state index contributed by atoms with van der Waals surface area (Å²) in [5.41, 5.74) is 1.20. The van der Waals surface area contributed by atoms with Gasteiger partial charge in [0, 0.05) is 10.4 Å². The van der Waals surface area contributed by atoms with Crippen LogP contribution in [-0.2, 0) is 4.79 Å². The van der Waals surface area contributed by atoms with Crippen molar-refractivity contribution >= 4 is 27.8 Å². The van der Waals surface area contributed by atoms with Crippen molar-refractivity contribution in [2.75, 3.05) is 5.32 Å². The molecule has 0 radical (unpaired) electrons. The van der Waals surface area contributed by atoms with Gasteiger partial charge in [0.05, 0.1) is 0 Å². The third-order valence-electron chi connectivity index (χ3n) is 3.08. The number of aromatic amines is 1. The average molecular weight is 307 g/mol. The smallest absolute Gasteiger partial charge is 0.230 e. The Hall–Kier alpha value is -1.69. The Labute approximate surface area is 112 Å². The number of H-pyrrole nitrogens is 1. The number of amides is 1. The number of nitrogens with zero attached hydrogens (tertiary/aromatic N) is 2. The van der Waals surface area contributed by atoms with Crippen LogP contribution in [0.3, 0.4) is 0 Å². The molecule has 1 aromatic heterocycles. The maximum Gasteiger partial charge on any atom is 0.230 e. The summed E-state index contributed by atoms with van der Waals surface area (Å²) in [6.45, 7) is 0. The van der Waals surface area contributed by atoms with Gasteiger partial charge in [-0.1, -0.05) is 28.1 Å². The molecule has 1 saturated carbocycles. The molecule has 92 valence electrons. The highest BCUT2D eigenvalue weighted by Crippen LogP contribution is 2.48. The minimum atomic E-state index is -0.000307. The molecule has 18 heavy (non-hydrogen) atoms. The molecule has 1 amide bonds. The Balaban J connectivity index is 1.63. The van der Waals surface area contributed by atoms with E-state index in [1.54, 1.807) is 0 Å². The molecule has 1 aliphatic carbocycles. The van der Waals surface area contributed by atoms with E-state index in [1.165, 1.54) is 11.9 Å². The van der Waals surface area contributed by atoms with Crippen LogP contribution < -0.4 is 5.32 Å². The van der Waals surface area contributed by atoms with E-state index in [1.807, 2.05) is 12.1 Å². The third-order valence-corrected chi connectivity index (χ3v) is 3.61. The second-order valence-electron chi connectivity index (χ2n) is 4.32. The summed E-state index contributed by atoms with van der Waals surface area (Å²) < 4.78 is 1.05. The maximum atomic E-state index is 11.9. The van der Waals surface area contributed by atoms with Crippen LogP contribution in [0.25, 0.3) is 0 Å². The Morgan fingerprint density at radius 3 is 2.83 bits per heavy atom. The lowest BCUT2D eigenvalue weighted by Gasteiger charge is -2.01. The lowest BCUT2D eigenvalue weighted by Crippen LogP contribution is -2.15. The fourth-order valence-electron chi connectivity index (χ4n) is 2.04. The molecule has 1 aromatic carbocycles. The van der Waals surface area contributed by atoms with Crippen molar-refractivity contribution in [3.05, 3.63) is 40.6 Å². The number of rotatable bonds is 3. The lowest BCUT2D eigenvalue weighted by molar-refractivity contribution is -0.117. The van der Waals surface area contributed by atoms with Crippen molar-refractivity contribution in [1.82, 2.24) is 15.2 Å². The molecule has 1 aliphatic rings. The van der Waals surface area contributed by atoms with Gasteiger partial charge in [-0.05, 0) is 30.0 Å². The minimum Gasteiger partial charge on any atom is -0.295 e. The first-order chi connectivity index (χ1) is 8.74. The van der Waals surface area contributed by atoms with E-state index in [-0.39, 0.29) is 11.8 Å². The first-order valence-corrected chi connectivity index (χ1v) is 6.45. The SMILES string of the molecule is O=C(Nc1ncn[nH]1)C1CC1c1ccc(Br)cc1. The number of aromatic nitrogens is 3. The van der Waals surface area contributed by atoms with E-state index in [0.29, 0.717) is 11.9 Å². The fourth-order valence-corrected chi connectivity index (χ4v) is 2.30. The van der Waals surface area contributed by atoms with Crippen LogP contribution in [0.1, 0.15) is 17.9 Å². The molecule has 0 bridgehead atoms. The second kappa shape index (κ2) is 4.53. The molecule has 0 saturated heterocycles. The van der Waals surface area contributed by atoms with Crippen LogP contribution in [-0.4, -0.2) is 21.1 Å². The van der Waals surface area contributed by atoms with Crippen molar-refractivity contribution in [3.63, 3.8) is 0 Å². The predicted molar refractivity (Wildman–Crippen MR) is 70.0 cm³/mol. The number of halogens is 1. The highest BCUT2D eigenvalue weighted by atomic mass is 79.9. The largest absolute Gasteiger partial charge is 0.295 e. The highest BCUT2D eigenvalue weighted by molar-refractivity contribution is 9.10. The number of nitrogens with one attached hydrogen (secondary N) is 2. The topological polar surface area (TPSA) is 70.7 Å². The van der Waals surface area contributed by atoms with Gasteiger partial charge < -0.3 is 0 Å². The number of hydrogen-bond acceptors (Lipinski definition) is 3. The zero-order chi connectivity index (χ0) is 12.5. The highest BCUT2D eigenvalue weighted by Gasteiger charge is 2.44. The van der Waals surface area contributed by atoms with Crippen molar-refractivity contribution in [3.8, 4) is 0 Å². The summed E-state index contributed by atoms with van der Waals surface area (Å²) in [6.07, 6.45) is 2.26. The van der Waals surface area contributed by atoms with Crippen LogP contribution in [0.5, 0.6) is 0 Å². The number of anilines is 1. The van der Waals surface area contributed by atoms with Gasteiger partial charge in [0.25, 0.3) is 0 Å². The van der Waals surface area contributed by atoms with E-state index in [4.69, 9.17) is 0 Å². The van der Waals surface area contributed by atoms with Gasteiger partial charge in [0.2, 0.25) is 11.9 Å². The number of carbonyl (C=O) groups is 1. The average Bonchev–Trinajstić information content (AvgIpc) is 3.01. The van der Waals surface area contributed by atoms with E-state index in [0.717, 1.165) is 10.9 Å². The molecule has 1 fully saturated rings. The van der Waals surface area contributed by atoms with Crippen LogP contribution in [0.15, 0.2) is 35.1 Å². The van der Waals surface area contributed by atoms with E-state index in [2.05, 4.69) is 48.6 Å². The standard InChI is InChI=1S/C12H11BrN4O/c13-8-3-1-7(2-4-8)9-5-10(9)11(18)16-12-14-6-15-17-12/h1-4,6,9-10H,5H2,(H2,14,15,16,17,18). The molecule has 3 rings (SSSR count). The Morgan fingerprint density at radius 2 is 2.17 bits per heavy atom. The van der Waals surface area contributed by atoms with Gasteiger partial charge >= 0.3 is 0 Å². The molecule has 5 nitrogen and oxygen atoms in total. The summed E-state index contributed by atoms with van der Waals surface area (Å²) in [5, 5.41) is 9.02. The Bertz CT molecular complexity index is 552. The van der Waals surface area contributed by atoms with Gasteiger partial charge in [-0.15, -0.1) is 0 Å². The normalized spacial score (nSPS) is 21.6. The zero-order valence-electron chi connectivity index (χ0n) is 9.43. The molecule has 0 aliphatic heterocycles. The fraction of sp³-hybridized carbons (Fsp3) is 0.250. The molecule has 0 spiro atoms. The maximum absolute atomic E-state index is 11.9. The summed E-state index contributed by atoms with van der Waals surface area (Å²) >= 11 is 3.40. The van der Waals surface area contributed by atoms with Gasteiger partial charge in [-0.25, -0.2) is 5.10 Å². The molecular weight excluding hydrogens is 296 g/mol. The quantitative estimate of drug-likeness (QED) is 0.914. The van der Waals surface area contributed by atoms with Crippen molar-refractivity contribution in [2.45, 2.75) is 12.3 Å². The first-order valence-electron chi connectivity index (χ1n) is 5.66. The summed E-state index contributed by atoms with van der Waals surface area (Å²) in [5.74, 6) is 0.762. The zero-order valence-corrected chi connectivity index (χ0v) is 11.0. The molecule has 2 atom stereocenters. The van der Waals surface area contributed by atoms with Crippen molar-refractivity contribution in [2.24, 2.45) is 5.92 Å².